The smallest absolute Gasteiger partial charge is 0.339 e. The van der Waals surface area contributed by atoms with Crippen LogP contribution in [0.25, 0.3) is 16.8 Å². The van der Waals surface area contributed by atoms with E-state index in [9.17, 15) is 19.8 Å². The third-order valence-corrected chi connectivity index (χ3v) is 5.71. The molecule has 1 aliphatic heterocycles. The zero-order chi connectivity index (χ0) is 20.2. The van der Waals surface area contributed by atoms with Gasteiger partial charge in [0, 0.05) is 16.3 Å². The third kappa shape index (κ3) is 2.41. The zero-order valence-corrected chi connectivity index (χ0v) is 15.8. The molecule has 1 fully saturated rings. The van der Waals surface area contributed by atoms with Gasteiger partial charge in [0.05, 0.1) is 7.11 Å². The lowest BCUT2D eigenvalue weighted by Gasteiger charge is -2.33. The van der Waals surface area contributed by atoms with Gasteiger partial charge in [-0.15, -0.1) is 0 Å². The molecule has 0 radical (unpaired) electrons. The number of hydrogen-bond acceptors (Lipinski definition) is 5. The number of allylic oxidation sites excluding steroid dienone is 1. The maximum absolute atomic E-state index is 11.5. The van der Waals surface area contributed by atoms with Crippen LogP contribution in [0.1, 0.15) is 42.6 Å². The van der Waals surface area contributed by atoms with Crippen LogP contribution < -0.4 is 9.47 Å². The Bertz CT molecular complexity index is 1110. The molecule has 4 rings (SSSR count). The van der Waals surface area contributed by atoms with Crippen LogP contribution in [0, 0.1) is 0 Å². The summed E-state index contributed by atoms with van der Waals surface area (Å²) in [6.07, 6.45) is 4.33. The number of phenols is 1. The molecule has 6 nitrogen and oxygen atoms in total. The number of aromatic carboxylic acids is 1. The molecule has 0 spiro atoms. The number of rotatable bonds is 3. The van der Waals surface area contributed by atoms with Crippen molar-refractivity contribution in [3.05, 3.63) is 46.0 Å². The number of aldehydes is 1. The summed E-state index contributed by atoms with van der Waals surface area (Å²) < 4.78 is 11.8. The molecule has 2 N–H and O–H groups in total. The normalized spacial score (nSPS) is 22.0. The first-order chi connectivity index (χ1) is 13.3. The summed E-state index contributed by atoms with van der Waals surface area (Å²) in [5.41, 5.74) is 2.51. The monoisotopic (exact) mass is 380 g/mol. The lowest BCUT2D eigenvalue weighted by Crippen LogP contribution is -2.33. The Morgan fingerprint density at radius 1 is 1.36 bits per heavy atom. The first-order valence-corrected chi connectivity index (χ1v) is 8.97. The van der Waals surface area contributed by atoms with Crippen molar-refractivity contribution in [3.63, 3.8) is 0 Å². The van der Waals surface area contributed by atoms with E-state index in [-0.39, 0.29) is 11.3 Å². The molecule has 2 aromatic carbocycles. The van der Waals surface area contributed by atoms with Crippen molar-refractivity contribution in [1.82, 2.24) is 0 Å². The molecule has 6 heteroatoms. The summed E-state index contributed by atoms with van der Waals surface area (Å²) in [5.74, 6) is -0.587. The van der Waals surface area contributed by atoms with E-state index in [1.807, 2.05) is 13.0 Å². The fraction of sp³-hybridized carbons (Fsp3) is 0.273. The summed E-state index contributed by atoms with van der Waals surface area (Å²) in [4.78, 5) is 22.8. The van der Waals surface area contributed by atoms with E-state index in [0.717, 1.165) is 30.3 Å². The minimum Gasteiger partial charge on any atom is -0.506 e. The number of ether oxygens (including phenoxy) is 2. The number of carbonyl (C=O) groups excluding carboxylic acids is 1. The predicted molar refractivity (Wildman–Crippen MR) is 104 cm³/mol. The average molecular weight is 380 g/mol. The Morgan fingerprint density at radius 2 is 2.11 bits per heavy atom. The van der Waals surface area contributed by atoms with Crippen molar-refractivity contribution >= 4 is 29.1 Å². The van der Waals surface area contributed by atoms with E-state index in [4.69, 9.17) is 9.47 Å². The highest BCUT2D eigenvalue weighted by atomic mass is 16.5. The summed E-state index contributed by atoms with van der Waals surface area (Å²) in [7, 11) is 1.45. The maximum atomic E-state index is 11.5. The van der Waals surface area contributed by atoms with Gasteiger partial charge in [0.1, 0.15) is 34.7 Å². The molecule has 0 bridgehead atoms. The zero-order valence-electron chi connectivity index (χ0n) is 15.8. The van der Waals surface area contributed by atoms with E-state index in [2.05, 4.69) is 0 Å². The molecule has 0 amide bonds. The topological polar surface area (TPSA) is 93.1 Å². The number of carboxylic acid groups (broad SMARTS) is 1. The van der Waals surface area contributed by atoms with Crippen LogP contribution in [-0.2, 0) is 4.79 Å². The van der Waals surface area contributed by atoms with Gasteiger partial charge in [-0.05, 0) is 67.7 Å². The number of hydrogen-bond donors (Lipinski definition) is 2. The summed E-state index contributed by atoms with van der Waals surface area (Å²) in [6, 6.07) is 4.69. The van der Waals surface area contributed by atoms with Crippen molar-refractivity contribution in [2.24, 2.45) is 0 Å². The number of fused-ring (bicyclic) bond motifs is 4. The molecule has 144 valence electrons. The summed E-state index contributed by atoms with van der Waals surface area (Å²) in [6.45, 7) is 3.79. The van der Waals surface area contributed by atoms with Crippen molar-refractivity contribution in [2.75, 3.05) is 7.11 Å². The molecule has 0 aromatic heterocycles. The number of carboxylic acids is 1. The molecule has 1 unspecified atom stereocenters. The fourth-order valence-electron chi connectivity index (χ4n) is 4.20. The fourth-order valence-corrected chi connectivity index (χ4v) is 4.20. The third-order valence-electron chi connectivity index (χ3n) is 5.71. The van der Waals surface area contributed by atoms with Gasteiger partial charge in [-0.2, -0.15) is 0 Å². The minimum atomic E-state index is -1.24. The number of aromatic hydroxyl groups is 1. The van der Waals surface area contributed by atoms with Gasteiger partial charge in [0.15, 0.2) is 0 Å². The van der Waals surface area contributed by atoms with Gasteiger partial charge < -0.3 is 19.7 Å². The number of carbonyl (C=O) groups is 2. The van der Waals surface area contributed by atoms with Crippen LogP contribution in [0.3, 0.4) is 0 Å². The van der Waals surface area contributed by atoms with Crippen molar-refractivity contribution in [2.45, 2.75) is 32.3 Å². The molecular weight excluding hydrogens is 360 g/mol. The quantitative estimate of drug-likeness (QED) is 0.615. The van der Waals surface area contributed by atoms with Gasteiger partial charge in [-0.1, -0.05) is 0 Å². The highest BCUT2D eigenvalue weighted by Gasteiger charge is 2.43. The molecular formula is C22H20O6. The Kier molecular flexibility index (Phi) is 3.96. The molecule has 1 heterocycles. The Balaban J connectivity index is 2.07. The molecule has 2 aromatic rings. The van der Waals surface area contributed by atoms with Gasteiger partial charge in [-0.3, -0.25) is 4.79 Å². The second-order valence-corrected chi connectivity index (χ2v) is 7.35. The van der Waals surface area contributed by atoms with E-state index >= 15 is 0 Å². The van der Waals surface area contributed by atoms with Crippen molar-refractivity contribution in [1.29, 1.82) is 0 Å². The molecule has 2 aliphatic rings. The molecule has 1 atom stereocenters. The summed E-state index contributed by atoms with van der Waals surface area (Å²) in [5, 5.41) is 20.8. The highest BCUT2D eigenvalue weighted by Crippen LogP contribution is 2.51. The van der Waals surface area contributed by atoms with Crippen LogP contribution in [0.4, 0.5) is 0 Å². The van der Waals surface area contributed by atoms with Gasteiger partial charge in [0.25, 0.3) is 0 Å². The van der Waals surface area contributed by atoms with Crippen LogP contribution in [0.2, 0.25) is 0 Å². The second-order valence-electron chi connectivity index (χ2n) is 7.35. The molecule has 28 heavy (non-hydrogen) atoms. The Morgan fingerprint density at radius 3 is 2.75 bits per heavy atom. The van der Waals surface area contributed by atoms with Crippen LogP contribution in [0.15, 0.2) is 34.9 Å². The number of methoxy groups -OCH3 is 1. The SMILES string of the molecule is COc1cc(C(=O)O)c(O)c2ccc3c(c12)C=C1/C(=C(\C)C=O)CCC1(C)O3. The first-order valence-electron chi connectivity index (χ1n) is 8.97. The van der Waals surface area contributed by atoms with Gasteiger partial charge in [0.2, 0.25) is 0 Å². The predicted octanol–water partition coefficient (Wildman–Crippen LogP) is 4.10. The number of benzene rings is 2. The lowest BCUT2D eigenvalue weighted by molar-refractivity contribution is -0.104. The van der Waals surface area contributed by atoms with Crippen LogP contribution in [-0.4, -0.2) is 35.2 Å². The maximum Gasteiger partial charge on any atom is 0.339 e. The largest absolute Gasteiger partial charge is 0.506 e. The molecule has 1 saturated carbocycles. The molecule has 1 aliphatic carbocycles. The van der Waals surface area contributed by atoms with E-state index in [0.29, 0.717) is 33.4 Å². The average Bonchev–Trinajstić information content (AvgIpc) is 3.01. The first kappa shape index (κ1) is 18.1. The van der Waals surface area contributed by atoms with Gasteiger partial charge >= 0.3 is 5.97 Å². The van der Waals surface area contributed by atoms with Crippen LogP contribution in [0.5, 0.6) is 17.2 Å². The van der Waals surface area contributed by atoms with Crippen molar-refractivity contribution < 1.29 is 29.3 Å². The summed E-state index contributed by atoms with van der Waals surface area (Å²) >= 11 is 0. The van der Waals surface area contributed by atoms with Gasteiger partial charge in [-0.25, -0.2) is 4.79 Å². The van der Waals surface area contributed by atoms with Crippen molar-refractivity contribution in [3.8, 4) is 17.2 Å². The Hall–Kier alpha value is -3.28. The molecule has 0 saturated heterocycles. The second kappa shape index (κ2) is 6.12. The standard InChI is InChI=1S/C22H20O6/c1-11(10-23)12-6-7-22(2)16(12)8-14-17(28-22)5-4-13-19(14)18(27-3)9-15(20(13)24)21(25)26/h4-5,8-10,24H,6-7H2,1-3H3,(H,25,26)/b12-11+. The highest BCUT2D eigenvalue weighted by molar-refractivity contribution is 6.07. The van der Waals surface area contributed by atoms with E-state index in [1.54, 1.807) is 19.1 Å². The minimum absolute atomic E-state index is 0.225. The van der Waals surface area contributed by atoms with E-state index in [1.165, 1.54) is 13.2 Å². The lowest BCUT2D eigenvalue weighted by atomic mass is 9.88. The van der Waals surface area contributed by atoms with E-state index < -0.39 is 11.6 Å². The Labute approximate surface area is 161 Å². The van der Waals surface area contributed by atoms with Crippen LogP contribution >= 0.6 is 0 Å².